The third-order valence-corrected chi connectivity index (χ3v) is 5.67. The van der Waals surface area contributed by atoms with E-state index in [1.165, 1.54) is 4.57 Å². The monoisotopic (exact) mass is 484 g/mol. The van der Waals surface area contributed by atoms with Crippen LogP contribution in [0.3, 0.4) is 0 Å². The number of aromatic hydroxyl groups is 1. The zero-order chi connectivity index (χ0) is 24.5. The lowest BCUT2D eigenvalue weighted by molar-refractivity contribution is -0.134. The first kappa shape index (κ1) is 25.2. The van der Waals surface area contributed by atoms with Gasteiger partial charge in [0.05, 0.1) is 24.3 Å². The highest BCUT2D eigenvalue weighted by atomic mass is 35.5. The SMILES string of the molecule is C1C[C@H]2OCC[C@H]2O1.N#Cc1c(O)c2ccccc2n(Cc2ccccc2)c1=O.O=C(O)CCl. The number of carbonyl (C=O) groups is 1. The van der Waals surface area contributed by atoms with Crippen molar-refractivity contribution in [3.8, 4) is 11.8 Å². The minimum Gasteiger partial charge on any atom is -0.506 e. The number of hydrogen-bond acceptors (Lipinski definition) is 6. The fourth-order valence-corrected chi connectivity index (χ4v) is 3.84. The fraction of sp³-hybridized carbons (Fsp3) is 0.320. The van der Waals surface area contributed by atoms with Gasteiger partial charge in [0.1, 0.15) is 17.7 Å². The van der Waals surface area contributed by atoms with Crippen LogP contribution in [-0.4, -0.2) is 52.1 Å². The molecule has 0 radical (unpaired) electrons. The highest BCUT2D eigenvalue weighted by Gasteiger charge is 2.33. The van der Waals surface area contributed by atoms with Gasteiger partial charge >= 0.3 is 5.97 Å². The minimum absolute atomic E-state index is 0.218. The highest BCUT2D eigenvalue weighted by Crippen LogP contribution is 2.26. The molecule has 3 heterocycles. The third-order valence-electron chi connectivity index (χ3n) is 5.44. The molecule has 0 aliphatic carbocycles. The summed E-state index contributed by atoms with van der Waals surface area (Å²) in [6.07, 6.45) is 3.14. The van der Waals surface area contributed by atoms with Crippen molar-refractivity contribution in [2.45, 2.75) is 31.6 Å². The number of alkyl halides is 1. The number of aliphatic carboxylic acids is 1. The second-order valence-corrected chi connectivity index (χ2v) is 7.92. The number of fused-ring (bicyclic) bond motifs is 2. The zero-order valence-electron chi connectivity index (χ0n) is 18.4. The Morgan fingerprint density at radius 1 is 1.06 bits per heavy atom. The Labute approximate surface area is 201 Å². The van der Waals surface area contributed by atoms with E-state index >= 15 is 0 Å². The summed E-state index contributed by atoms with van der Waals surface area (Å²) in [4.78, 5) is 21.7. The number of pyridine rings is 1. The predicted molar refractivity (Wildman–Crippen MR) is 127 cm³/mol. The van der Waals surface area contributed by atoms with Crippen LogP contribution in [0.15, 0.2) is 59.4 Å². The number of hydrogen-bond donors (Lipinski definition) is 2. The predicted octanol–water partition coefficient (Wildman–Crippen LogP) is 3.50. The Kier molecular flexibility index (Phi) is 9.05. The smallest absolute Gasteiger partial charge is 0.318 e. The van der Waals surface area contributed by atoms with Crippen molar-refractivity contribution in [2.24, 2.45) is 0 Å². The highest BCUT2D eigenvalue weighted by molar-refractivity contribution is 6.26. The molecule has 2 N–H and O–H groups in total. The molecule has 5 rings (SSSR count). The first-order valence-corrected chi connectivity index (χ1v) is 11.3. The quantitative estimate of drug-likeness (QED) is 0.545. The number of nitrogens with zero attached hydrogens (tertiary/aromatic N) is 2. The molecule has 0 spiro atoms. The summed E-state index contributed by atoms with van der Waals surface area (Å²) in [5.74, 6) is -1.53. The summed E-state index contributed by atoms with van der Waals surface area (Å²) in [5.41, 5.74) is 0.879. The number of halogens is 1. The van der Waals surface area contributed by atoms with E-state index in [1.54, 1.807) is 30.3 Å². The Hall–Kier alpha value is -3.38. The van der Waals surface area contributed by atoms with Crippen molar-refractivity contribution in [3.05, 3.63) is 76.1 Å². The normalized spacial score (nSPS) is 18.1. The van der Waals surface area contributed by atoms with Crippen LogP contribution in [0, 0.1) is 11.3 Å². The van der Waals surface area contributed by atoms with Gasteiger partial charge in [-0.3, -0.25) is 9.59 Å². The average Bonchev–Trinajstić information content (AvgIpc) is 3.49. The number of para-hydroxylation sites is 1. The van der Waals surface area contributed by atoms with E-state index in [-0.39, 0.29) is 17.2 Å². The second-order valence-electron chi connectivity index (χ2n) is 7.65. The summed E-state index contributed by atoms with van der Waals surface area (Å²) in [6.45, 7) is 2.18. The number of carboxylic acid groups (broad SMARTS) is 1. The standard InChI is InChI=1S/C17H12N2O2.C6H10O2.C2H3ClO2/c18-10-14-16(20)13-8-4-5-9-15(13)19(17(14)21)11-12-6-2-1-3-7-12;1-3-7-6-2-4-8-5(1)6;3-1-2(4)5/h1-9,20H,11H2;5-6H,1-4H2;1H2,(H,4,5)/t;5-,6-;/m.1./s1. The maximum absolute atomic E-state index is 12.4. The first-order valence-electron chi connectivity index (χ1n) is 10.8. The van der Waals surface area contributed by atoms with Gasteiger partial charge in [-0.1, -0.05) is 42.5 Å². The summed E-state index contributed by atoms with van der Waals surface area (Å²) in [7, 11) is 0. The molecule has 1 aromatic heterocycles. The number of benzene rings is 2. The summed E-state index contributed by atoms with van der Waals surface area (Å²) < 4.78 is 12.2. The van der Waals surface area contributed by atoms with Crippen LogP contribution in [0.5, 0.6) is 5.75 Å². The van der Waals surface area contributed by atoms with E-state index in [0.29, 0.717) is 29.7 Å². The molecule has 178 valence electrons. The largest absolute Gasteiger partial charge is 0.506 e. The van der Waals surface area contributed by atoms with Gasteiger partial charge < -0.3 is 24.3 Å². The van der Waals surface area contributed by atoms with Crippen LogP contribution in [0.25, 0.3) is 10.9 Å². The van der Waals surface area contributed by atoms with Crippen molar-refractivity contribution in [1.82, 2.24) is 4.57 Å². The molecule has 0 saturated carbocycles. The first-order chi connectivity index (χ1) is 16.5. The van der Waals surface area contributed by atoms with E-state index in [0.717, 1.165) is 31.6 Å². The molecular formula is C25H25ClN2O6. The Morgan fingerprint density at radius 3 is 2.18 bits per heavy atom. The summed E-state index contributed by atoms with van der Waals surface area (Å²) in [5, 5.41) is 27.3. The zero-order valence-corrected chi connectivity index (χ0v) is 19.1. The molecule has 2 fully saturated rings. The van der Waals surface area contributed by atoms with Crippen molar-refractivity contribution >= 4 is 28.5 Å². The van der Waals surface area contributed by atoms with Crippen LogP contribution >= 0.6 is 11.6 Å². The van der Waals surface area contributed by atoms with Gasteiger partial charge in [0, 0.05) is 18.6 Å². The van der Waals surface area contributed by atoms with Gasteiger partial charge in [-0.2, -0.15) is 5.26 Å². The molecule has 0 bridgehead atoms. The van der Waals surface area contributed by atoms with Gasteiger partial charge in [-0.15, -0.1) is 11.6 Å². The molecule has 2 saturated heterocycles. The van der Waals surface area contributed by atoms with Crippen molar-refractivity contribution in [1.29, 1.82) is 5.26 Å². The van der Waals surface area contributed by atoms with Crippen LogP contribution in [0.1, 0.15) is 24.0 Å². The van der Waals surface area contributed by atoms with Gasteiger partial charge in [0.2, 0.25) is 0 Å². The lowest BCUT2D eigenvalue weighted by atomic mass is 10.1. The molecule has 3 aromatic rings. The number of nitriles is 1. The number of ether oxygens (including phenoxy) is 2. The molecular weight excluding hydrogens is 460 g/mol. The van der Waals surface area contributed by atoms with Crippen LogP contribution in [0.4, 0.5) is 0 Å². The Balaban J connectivity index is 0.000000203. The van der Waals surface area contributed by atoms with E-state index < -0.39 is 11.5 Å². The molecule has 34 heavy (non-hydrogen) atoms. The van der Waals surface area contributed by atoms with Gasteiger partial charge in [0.25, 0.3) is 5.56 Å². The van der Waals surface area contributed by atoms with E-state index in [9.17, 15) is 14.7 Å². The van der Waals surface area contributed by atoms with Gasteiger partial charge in [-0.05, 0) is 30.5 Å². The number of carboxylic acids is 1. The van der Waals surface area contributed by atoms with Crippen LogP contribution in [0.2, 0.25) is 0 Å². The maximum Gasteiger partial charge on any atom is 0.318 e. The lowest BCUT2D eigenvalue weighted by Crippen LogP contribution is -2.23. The van der Waals surface area contributed by atoms with Crippen molar-refractivity contribution in [2.75, 3.05) is 19.1 Å². The number of rotatable bonds is 3. The maximum atomic E-state index is 12.4. The topological polar surface area (TPSA) is 122 Å². The second kappa shape index (κ2) is 12.2. The molecule has 0 unspecified atom stereocenters. The molecule has 9 heteroatoms. The molecule has 2 atom stereocenters. The van der Waals surface area contributed by atoms with Gasteiger partial charge in [0.15, 0.2) is 5.56 Å². The lowest BCUT2D eigenvalue weighted by Gasteiger charge is -2.12. The van der Waals surface area contributed by atoms with E-state index in [2.05, 4.69) is 0 Å². The Bertz CT molecular complexity index is 1200. The fourth-order valence-electron chi connectivity index (χ4n) is 3.84. The third kappa shape index (κ3) is 6.14. The van der Waals surface area contributed by atoms with E-state index in [1.807, 2.05) is 30.3 Å². The molecule has 0 amide bonds. The molecule has 2 aliphatic heterocycles. The minimum atomic E-state index is -0.980. The molecule has 2 aliphatic rings. The average molecular weight is 485 g/mol. The molecule has 2 aromatic carbocycles. The van der Waals surface area contributed by atoms with Gasteiger partial charge in [-0.25, -0.2) is 0 Å². The van der Waals surface area contributed by atoms with Crippen LogP contribution in [-0.2, 0) is 20.8 Å². The van der Waals surface area contributed by atoms with E-state index in [4.69, 9.17) is 31.4 Å². The number of aromatic nitrogens is 1. The summed E-state index contributed by atoms with van der Waals surface area (Å²) in [6, 6.07) is 18.4. The summed E-state index contributed by atoms with van der Waals surface area (Å²) >= 11 is 4.74. The molecule has 8 nitrogen and oxygen atoms in total. The van der Waals surface area contributed by atoms with Crippen molar-refractivity contribution < 1.29 is 24.5 Å². The van der Waals surface area contributed by atoms with Crippen LogP contribution < -0.4 is 5.56 Å². The van der Waals surface area contributed by atoms with Crippen molar-refractivity contribution in [3.63, 3.8) is 0 Å². The Morgan fingerprint density at radius 2 is 1.62 bits per heavy atom.